The van der Waals surface area contributed by atoms with Gasteiger partial charge >= 0.3 is 0 Å². The summed E-state index contributed by atoms with van der Waals surface area (Å²) in [5, 5.41) is 3.78. The third-order valence-corrected chi connectivity index (χ3v) is 6.53. The van der Waals surface area contributed by atoms with Crippen LogP contribution in [-0.4, -0.2) is 17.4 Å². The lowest BCUT2D eigenvalue weighted by molar-refractivity contribution is -0.117. The number of nitrogen functional groups attached to an aromatic ring is 1. The van der Waals surface area contributed by atoms with E-state index < -0.39 is 0 Å². The predicted molar refractivity (Wildman–Crippen MR) is 121 cm³/mol. The number of nitrogens with zero attached hydrogens (tertiary/aromatic N) is 2. The van der Waals surface area contributed by atoms with Crippen molar-refractivity contribution < 1.29 is 4.79 Å². The highest BCUT2D eigenvalue weighted by Gasteiger charge is 2.25. The molecule has 0 saturated carbocycles. The highest BCUT2D eigenvalue weighted by molar-refractivity contribution is 7.17. The molecule has 0 fully saturated rings. The number of hydrogen-bond donors (Lipinski definition) is 1. The van der Waals surface area contributed by atoms with Crippen LogP contribution in [0.25, 0.3) is 21.2 Å². The van der Waals surface area contributed by atoms with Crippen LogP contribution in [0.5, 0.6) is 0 Å². The molecule has 0 saturated heterocycles. The van der Waals surface area contributed by atoms with Gasteiger partial charge in [-0.1, -0.05) is 29.8 Å². The number of thiophene rings is 1. The number of benzene rings is 2. The van der Waals surface area contributed by atoms with Crippen molar-refractivity contribution in [2.45, 2.75) is 12.8 Å². The summed E-state index contributed by atoms with van der Waals surface area (Å²) in [4.78, 5) is 19.0. The van der Waals surface area contributed by atoms with Crippen LogP contribution in [-0.2, 0) is 17.6 Å². The third-order valence-electron chi connectivity index (χ3n) is 5.35. The molecule has 144 valence electrons. The monoisotopic (exact) mass is 419 g/mol. The molecule has 0 bridgehead atoms. The molecule has 4 aromatic rings. The maximum absolute atomic E-state index is 12.9. The minimum absolute atomic E-state index is 0.0909. The number of amides is 1. The number of rotatable bonds is 3. The lowest BCUT2D eigenvalue weighted by Crippen LogP contribution is -2.30. The SMILES string of the molecule is Nc1nccc2scc(-c3ccc4c(c3)CCN4C(=O)Cc3cccc(Cl)c3)c12. The van der Waals surface area contributed by atoms with E-state index in [9.17, 15) is 4.79 Å². The van der Waals surface area contributed by atoms with Crippen molar-refractivity contribution in [3.05, 3.63) is 76.3 Å². The Kier molecular flexibility index (Phi) is 4.49. The van der Waals surface area contributed by atoms with E-state index in [0.29, 0.717) is 23.8 Å². The Morgan fingerprint density at radius 3 is 2.97 bits per heavy atom. The molecule has 3 heterocycles. The quantitative estimate of drug-likeness (QED) is 0.488. The summed E-state index contributed by atoms with van der Waals surface area (Å²) in [5.74, 6) is 0.644. The van der Waals surface area contributed by atoms with Crippen LogP contribution >= 0.6 is 22.9 Å². The second-order valence-corrected chi connectivity index (χ2v) is 8.51. The molecule has 5 rings (SSSR count). The largest absolute Gasteiger partial charge is 0.383 e. The molecule has 2 N–H and O–H groups in total. The number of carbonyl (C=O) groups is 1. The maximum atomic E-state index is 12.9. The predicted octanol–water partition coefficient (Wildman–Crippen LogP) is 5.33. The molecule has 0 aliphatic carbocycles. The molecule has 2 aromatic heterocycles. The Bertz CT molecular complexity index is 1250. The first kappa shape index (κ1) is 18.2. The molecular formula is C23H18ClN3OS. The first-order chi connectivity index (χ1) is 14.1. The number of pyridine rings is 1. The van der Waals surface area contributed by atoms with Gasteiger partial charge in [0.2, 0.25) is 5.91 Å². The Balaban J connectivity index is 1.45. The Hall–Kier alpha value is -2.89. The fraction of sp³-hybridized carbons (Fsp3) is 0.130. The van der Waals surface area contributed by atoms with E-state index >= 15 is 0 Å². The van der Waals surface area contributed by atoms with Gasteiger partial charge in [-0.3, -0.25) is 4.79 Å². The van der Waals surface area contributed by atoms with Gasteiger partial charge in [-0.05, 0) is 58.8 Å². The van der Waals surface area contributed by atoms with Gasteiger partial charge in [-0.15, -0.1) is 11.3 Å². The molecule has 4 nitrogen and oxygen atoms in total. The number of halogens is 1. The molecular weight excluding hydrogens is 402 g/mol. The summed E-state index contributed by atoms with van der Waals surface area (Å²) in [5.41, 5.74) is 11.4. The van der Waals surface area contributed by atoms with Gasteiger partial charge in [0.15, 0.2) is 0 Å². The second-order valence-electron chi connectivity index (χ2n) is 7.16. The van der Waals surface area contributed by atoms with Gasteiger partial charge in [-0.25, -0.2) is 4.98 Å². The minimum Gasteiger partial charge on any atom is -0.383 e. The van der Waals surface area contributed by atoms with E-state index in [1.54, 1.807) is 17.5 Å². The normalized spacial score (nSPS) is 13.1. The molecule has 1 amide bonds. The first-order valence-corrected chi connectivity index (χ1v) is 10.7. The first-order valence-electron chi connectivity index (χ1n) is 9.40. The Morgan fingerprint density at radius 1 is 1.21 bits per heavy atom. The lowest BCUT2D eigenvalue weighted by atomic mass is 10.0. The molecule has 0 radical (unpaired) electrons. The molecule has 29 heavy (non-hydrogen) atoms. The van der Waals surface area contributed by atoms with E-state index in [4.69, 9.17) is 17.3 Å². The summed E-state index contributed by atoms with van der Waals surface area (Å²) >= 11 is 7.72. The van der Waals surface area contributed by atoms with Gasteiger partial charge in [0, 0.05) is 39.1 Å². The number of aromatic nitrogens is 1. The number of anilines is 2. The fourth-order valence-corrected chi connectivity index (χ4v) is 5.15. The van der Waals surface area contributed by atoms with Crippen LogP contribution in [0.1, 0.15) is 11.1 Å². The van der Waals surface area contributed by atoms with E-state index in [1.165, 1.54) is 5.56 Å². The third kappa shape index (κ3) is 3.26. The molecule has 0 atom stereocenters. The molecule has 0 unspecified atom stereocenters. The zero-order valence-corrected chi connectivity index (χ0v) is 17.1. The molecule has 2 aromatic carbocycles. The summed E-state index contributed by atoms with van der Waals surface area (Å²) in [6.45, 7) is 0.701. The van der Waals surface area contributed by atoms with Crippen LogP contribution in [0, 0.1) is 0 Å². The van der Waals surface area contributed by atoms with E-state index in [1.807, 2.05) is 41.3 Å². The zero-order valence-electron chi connectivity index (χ0n) is 15.6. The fourth-order valence-electron chi connectivity index (χ4n) is 3.97. The van der Waals surface area contributed by atoms with Crippen molar-refractivity contribution in [1.82, 2.24) is 4.98 Å². The molecule has 6 heteroatoms. The lowest BCUT2D eigenvalue weighted by Gasteiger charge is -2.18. The highest BCUT2D eigenvalue weighted by atomic mass is 35.5. The van der Waals surface area contributed by atoms with Gasteiger partial charge in [0.1, 0.15) is 5.82 Å². The zero-order chi connectivity index (χ0) is 20.0. The van der Waals surface area contributed by atoms with Gasteiger partial charge in [0.05, 0.1) is 6.42 Å². The average Bonchev–Trinajstić information content (AvgIpc) is 3.32. The second kappa shape index (κ2) is 7.17. The Labute approximate surface area is 177 Å². The summed E-state index contributed by atoms with van der Waals surface area (Å²) < 4.78 is 1.13. The smallest absolute Gasteiger partial charge is 0.231 e. The summed E-state index contributed by atoms with van der Waals surface area (Å²) in [7, 11) is 0. The van der Waals surface area contributed by atoms with Crippen LogP contribution in [0.4, 0.5) is 11.5 Å². The van der Waals surface area contributed by atoms with Gasteiger partial charge in [0.25, 0.3) is 0 Å². The van der Waals surface area contributed by atoms with Crippen LogP contribution in [0.3, 0.4) is 0 Å². The van der Waals surface area contributed by atoms with Crippen molar-refractivity contribution in [2.24, 2.45) is 0 Å². The van der Waals surface area contributed by atoms with Crippen LogP contribution in [0.2, 0.25) is 5.02 Å². The standard InChI is InChI=1S/C23H18ClN3OS/c24-17-3-1-2-14(10-17)11-21(28)27-9-7-16-12-15(4-5-19(16)27)18-13-29-20-6-8-26-23(25)22(18)20/h1-6,8,10,12-13H,7,9,11H2,(H2,25,26). The topological polar surface area (TPSA) is 59.2 Å². The van der Waals surface area contributed by atoms with Crippen LogP contribution in [0.15, 0.2) is 60.1 Å². The van der Waals surface area contributed by atoms with E-state index in [0.717, 1.165) is 38.9 Å². The van der Waals surface area contributed by atoms with E-state index in [-0.39, 0.29) is 5.91 Å². The highest BCUT2D eigenvalue weighted by Crippen LogP contribution is 2.39. The molecule has 1 aliphatic heterocycles. The van der Waals surface area contributed by atoms with Crippen molar-refractivity contribution in [3.8, 4) is 11.1 Å². The van der Waals surface area contributed by atoms with Crippen molar-refractivity contribution in [3.63, 3.8) is 0 Å². The number of nitrogens with two attached hydrogens (primary N) is 1. The van der Waals surface area contributed by atoms with Crippen molar-refractivity contribution in [1.29, 1.82) is 0 Å². The Morgan fingerprint density at radius 2 is 2.10 bits per heavy atom. The van der Waals surface area contributed by atoms with Crippen molar-refractivity contribution >= 4 is 50.4 Å². The number of carbonyl (C=O) groups excluding carboxylic acids is 1. The van der Waals surface area contributed by atoms with Crippen molar-refractivity contribution in [2.75, 3.05) is 17.2 Å². The average molecular weight is 420 g/mol. The number of hydrogen-bond acceptors (Lipinski definition) is 4. The van der Waals surface area contributed by atoms with Gasteiger partial charge in [-0.2, -0.15) is 0 Å². The minimum atomic E-state index is 0.0909. The molecule has 1 aliphatic rings. The summed E-state index contributed by atoms with van der Waals surface area (Å²) in [6, 6.07) is 15.8. The molecule has 0 spiro atoms. The van der Waals surface area contributed by atoms with E-state index in [2.05, 4.69) is 22.5 Å². The number of fused-ring (bicyclic) bond motifs is 2. The van der Waals surface area contributed by atoms with Gasteiger partial charge < -0.3 is 10.6 Å². The van der Waals surface area contributed by atoms with Crippen LogP contribution < -0.4 is 10.6 Å². The summed E-state index contributed by atoms with van der Waals surface area (Å²) in [6.07, 6.45) is 2.93. The maximum Gasteiger partial charge on any atom is 0.231 e.